The number of rotatable bonds is 7. The van der Waals surface area contributed by atoms with Gasteiger partial charge in [-0.05, 0) is 36.8 Å². The molecule has 0 radical (unpaired) electrons. The van der Waals surface area contributed by atoms with E-state index in [1.54, 1.807) is 29.9 Å². The number of aromatic nitrogens is 4. The van der Waals surface area contributed by atoms with Crippen molar-refractivity contribution in [2.75, 3.05) is 6.61 Å². The minimum absolute atomic E-state index is 0.260. The van der Waals surface area contributed by atoms with Gasteiger partial charge < -0.3 is 14.6 Å². The highest BCUT2D eigenvalue weighted by molar-refractivity contribution is 7.12. The molecule has 1 N–H and O–H groups in total. The number of carbonyl (C=O) groups excluding carboxylic acids is 1. The molecule has 29 heavy (non-hydrogen) atoms. The molecule has 3 aromatic heterocycles. The summed E-state index contributed by atoms with van der Waals surface area (Å²) in [6.07, 6.45) is 3.31. The Morgan fingerprint density at radius 2 is 1.93 bits per heavy atom. The molecule has 0 bridgehead atoms. The molecular weight excluding hydrogens is 390 g/mol. The van der Waals surface area contributed by atoms with E-state index < -0.39 is 0 Å². The van der Waals surface area contributed by atoms with E-state index in [4.69, 9.17) is 9.26 Å². The second-order valence-corrected chi connectivity index (χ2v) is 6.81. The summed E-state index contributed by atoms with van der Waals surface area (Å²) in [6, 6.07) is 11.2. The standard InChI is InChI=1S/C20H17N5O3S/c1-2-27-15-5-3-13(4-6-15)11-22-18(26)20-23-16(12-29-20)19-24-17(25-28-19)14-7-9-21-10-8-14/h3-10,12H,2,11H2,1H3,(H,22,26). The molecule has 146 valence electrons. The van der Waals surface area contributed by atoms with Gasteiger partial charge in [-0.15, -0.1) is 11.3 Å². The Hall–Kier alpha value is -3.59. The third-order valence-corrected chi connectivity index (χ3v) is 4.81. The van der Waals surface area contributed by atoms with Crippen LogP contribution in [0.3, 0.4) is 0 Å². The highest BCUT2D eigenvalue weighted by Crippen LogP contribution is 2.23. The zero-order valence-corrected chi connectivity index (χ0v) is 16.3. The van der Waals surface area contributed by atoms with E-state index in [1.165, 1.54) is 11.3 Å². The molecule has 0 fully saturated rings. The monoisotopic (exact) mass is 407 g/mol. The van der Waals surface area contributed by atoms with Gasteiger partial charge in [-0.25, -0.2) is 4.98 Å². The number of amides is 1. The van der Waals surface area contributed by atoms with Crippen molar-refractivity contribution in [3.8, 4) is 28.7 Å². The second kappa shape index (κ2) is 8.61. The third kappa shape index (κ3) is 4.46. The molecule has 0 aliphatic heterocycles. The molecule has 8 nitrogen and oxygen atoms in total. The Bertz CT molecular complexity index is 1090. The minimum Gasteiger partial charge on any atom is -0.494 e. The molecule has 1 aromatic carbocycles. The quantitative estimate of drug-likeness (QED) is 0.499. The average molecular weight is 407 g/mol. The maximum absolute atomic E-state index is 12.4. The van der Waals surface area contributed by atoms with Gasteiger partial charge in [0.1, 0.15) is 11.4 Å². The number of hydrogen-bond donors (Lipinski definition) is 1. The van der Waals surface area contributed by atoms with E-state index in [2.05, 4.69) is 25.4 Å². The van der Waals surface area contributed by atoms with Gasteiger partial charge in [0.2, 0.25) is 5.82 Å². The molecule has 0 atom stereocenters. The maximum Gasteiger partial charge on any atom is 0.280 e. The van der Waals surface area contributed by atoms with Crippen LogP contribution in [0.5, 0.6) is 5.75 Å². The van der Waals surface area contributed by atoms with Crippen molar-refractivity contribution in [1.82, 2.24) is 25.4 Å². The number of thiazole rings is 1. The van der Waals surface area contributed by atoms with Crippen molar-refractivity contribution < 1.29 is 14.1 Å². The Morgan fingerprint density at radius 3 is 2.69 bits per heavy atom. The van der Waals surface area contributed by atoms with Crippen LogP contribution in [0.25, 0.3) is 23.0 Å². The topological polar surface area (TPSA) is 103 Å². The van der Waals surface area contributed by atoms with Crippen LogP contribution in [0.2, 0.25) is 0 Å². The van der Waals surface area contributed by atoms with Gasteiger partial charge >= 0.3 is 0 Å². The van der Waals surface area contributed by atoms with Crippen molar-refractivity contribution in [3.05, 3.63) is 64.7 Å². The number of nitrogens with zero attached hydrogens (tertiary/aromatic N) is 4. The summed E-state index contributed by atoms with van der Waals surface area (Å²) in [6.45, 7) is 2.95. The Morgan fingerprint density at radius 1 is 1.14 bits per heavy atom. The van der Waals surface area contributed by atoms with E-state index in [-0.39, 0.29) is 11.8 Å². The van der Waals surface area contributed by atoms with Crippen LogP contribution >= 0.6 is 11.3 Å². The SMILES string of the molecule is CCOc1ccc(CNC(=O)c2nc(-c3nc(-c4ccncc4)no3)cs2)cc1. The van der Waals surface area contributed by atoms with Gasteiger partial charge in [0.25, 0.3) is 11.8 Å². The van der Waals surface area contributed by atoms with Crippen LogP contribution in [-0.4, -0.2) is 32.6 Å². The molecule has 9 heteroatoms. The van der Waals surface area contributed by atoms with Crippen LogP contribution in [-0.2, 0) is 6.54 Å². The summed E-state index contributed by atoms with van der Waals surface area (Å²) < 4.78 is 10.7. The fourth-order valence-electron chi connectivity index (χ4n) is 2.55. The van der Waals surface area contributed by atoms with E-state index in [0.717, 1.165) is 16.9 Å². The fraction of sp³-hybridized carbons (Fsp3) is 0.150. The Balaban J connectivity index is 1.39. The van der Waals surface area contributed by atoms with Gasteiger partial charge in [0.15, 0.2) is 5.01 Å². The van der Waals surface area contributed by atoms with Crippen molar-refractivity contribution in [2.24, 2.45) is 0 Å². The largest absolute Gasteiger partial charge is 0.494 e. The molecule has 4 aromatic rings. The van der Waals surface area contributed by atoms with Crippen LogP contribution in [0, 0.1) is 0 Å². The number of carbonyl (C=O) groups is 1. The van der Waals surface area contributed by atoms with Crippen LogP contribution in [0.4, 0.5) is 0 Å². The zero-order chi connectivity index (χ0) is 20.1. The minimum atomic E-state index is -0.260. The summed E-state index contributed by atoms with van der Waals surface area (Å²) in [5.41, 5.74) is 2.23. The van der Waals surface area contributed by atoms with Gasteiger partial charge in [-0.1, -0.05) is 17.3 Å². The van der Waals surface area contributed by atoms with E-state index in [0.29, 0.717) is 29.7 Å². The molecule has 3 heterocycles. The smallest absolute Gasteiger partial charge is 0.280 e. The maximum atomic E-state index is 12.4. The number of hydrogen-bond acceptors (Lipinski definition) is 8. The van der Waals surface area contributed by atoms with E-state index in [1.807, 2.05) is 31.2 Å². The lowest BCUT2D eigenvalue weighted by atomic mass is 10.2. The van der Waals surface area contributed by atoms with Gasteiger partial charge in [0.05, 0.1) is 6.61 Å². The molecule has 0 saturated carbocycles. The number of pyridine rings is 1. The summed E-state index contributed by atoms with van der Waals surface area (Å²) in [5.74, 6) is 1.25. The first-order valence-electron chi connectivity index (χ1n) is 8.93. The summed E-state index contributed by atoms with van der Waals surface area (Å²) in [5, 5.41) is 8.86. The van der Waals surface area contributed by atoms with E-state index in [9.17, 15) is 4.79 Å². The van der Waals surface area contributed by atoms with Crippen molar-refractivity contribution >= 4 is 17.2 Å². The Kier molecular flexibility index (Phi) is 5.57. The predicted octanol–water partition coefficient (Wildman–Crippen LogP) is 3.58. The molecule has 4 rings (SSSR count). The van der Waals surface area contributed by atoms with Crippen LogP contribution < -0.4 is 10.1 Å². The molecule has 0 aliphatic carbocycles. The fourth-order valence-corrected chi connectivity index (χ4v) is 3.26. The number of nitrogens with one attached hydrogen (secondary N) is 1. The van der Waals surface area contributed by atoms with Crippen molar-refractivity contribution in [3.63, 3.8) is 0 Å². The summed E-state index contributed by atoms with van der Waals surface area (Å²) in [7, 11) is 0. The van der Waals surface area contributed by atoms with Gasteiger partial charge in [-0.2, -0.15) is 4.98 Å². The zero-order valence-electron chi connectivity index (χ0n) is 15.5. The van der Waals surface area contributed by atoms with E-state index >= 15 is 0 Å². The first-order valence-corrected chi connectivity index (χ1v) is 9.81. The molecule has 0 saturated heterocycles. The first kappa shape index (κ1) is 18.8. The molecular formula is C20H17N5O3S. The lowest BCUT2D eigenvalue weighted by Gasteiger charge is -2.06. The summed E-state index contributed by atoms with van der Waals surface area (Å²) in [4.78, 5) is 25.0. The number of ether oxygens (including phenoxy) is 1. The normalized spacial score (nSPS) is 10.7. The Labute approximate surface area is 170 Å². The predicted molar refractivity (Wildman–Crippen MR) is 107 cm³/mol. The lowest BCUT2D eigenvalue weighted by molar-refractivity contribution is 0.0950. The molecule has 0 spiro atoms. The molecule has 0 unspecified atom stereocenters. The van der Waals surface area contributed by atoms with Crippen LogP contribution in [0.15, 0.2) is 58.7 Å². The van der Waals surface area contributed by atoms with Gasteiger partial charge in [0, 0.05) is 29.9 Å². The first-order chi connectivity index (χ1) is 14.2. The average Bonchev–Trinajstić information content (AvgIpc) is 3.44. The third-order valence-electron chi connectivity index (χ3n) is 3.97. The number of benzene rings is 1. The second-order valence-electron chi connectivity index (χ2n) is 5.96. The van der Waals surface area contributed by atoms with Gasteiger partial charge in [-0.3, -0.25) is 9.78 Å². The highest BCUT2D eigenvalue weighted by Gasteiger charge is 2.17. The van der Waals surface area contributed by atoms with Crippen molar-refractivity contribution in [2.45, 2.75) is 13.5 Å². The summed E-state index contributed by atoms with van der Waals surface area (Å²) >= 11 is 1.22. The lowest BCUT2D eigenvalue weighted by Crippen LogP contribution is -2.22. The highest BCUT2D eigenvalue weighted by atomic mass is 32.1. The molecule has 0 aliphatic rings. The molecule has 1 amide bonds. The van der Waals surface area contributed by atoms with Crippen LogP contribution in [0.1, 0.15) is 22.3 Å². The van der Waals surface area contributed by atoms with Crippen molar-refractivity contribution in [1.29, 1.82) is 0 Å².